The molecule has 4 rings (SSSR count). The molecule has 1 aliphatic heterocycles. The molecule has 0 aliphatic carbocycles. The van der Waals surface area contributed by atoms with Crippen LogP contribution in [-0.2, 0) is 6.54 Å². The van der Waals surface area contributed by atoms with E-state index in [1.165, 1.54) is 12.3 Å². The van der Waals surface area contributed by atoms with Gasteiger partial charge in [0, 0.05) is 49.9 Å². The molecule has 1 amide bonds. The van der Waals surface area contributed by atoms with Gasteiger partial charge in [0.15, 0.2) is 0 Å². The van der Waals surface area contributed by atoms with Gasteiger partial charge < -0.3 is 14.5 Å². The van der Waals surface area contributed by atoms with E-state index in [0.29, 0.717) is 11.5 Å². The average Bonchev–Trinajstić information content (AvgIpc) is 3.17. The van der Waals surface area contributed by atoms with E-state index in [0.717, 1.165) is 43.9 Å². The van der Waals surface area contributed by atoms with Crippen LogP contribution in [0.5, 0.6) is 0 Å². The molecule has 1 aromatic carbocycles. The fraction of sp³-hybridized carbons (Fsp3) is 0.286. The smallest absolute Gasteiger partial charge is 0.255 e. The quantitative estimate of drug-likeness (QED) is 0.776. The van der Waals surface area contributed by atoms with E-state index in [1.54, 1.807) is 6.07 Å². The minimum absolute atomic E-state index is 0.0164. The fourth-order valence-corrected chi connectivity index (χ4v) is 3.63. The number of rotatable bonds is 4. The number of nitrogens with one attached hydrogen (secondary N) is 1. The van der Waals surface area contributed by atoms with Crippen LogP contribution in [0.1, 0.15) is 23.2 Å². The molecule has 0 saturated carbocycles. The number of nitrogens with zero attached hydrogens (tertiary/aromatic N) is 3. The van der Waals surface area contributed by atoms with Gasteiger partial charge in [0.05, 0.1) is 5.56 Å². The van der Waals surface area contributed by atoms with E-state index in [-0.39, 0.29) is 11.5 Å². The van der Waals surface area contributed by atoms with Crippen LogP contribution in [0, 0.1) is 5.92 Å². The van der Waals surface area contributed by atoms with E-state index in [9.17, 15) is 9.59 Å². The molecule has 2 aromatic heterocycles. The predicted molar refractivity (Wildman–Crippen MR) is 103 cm³/mol. The largest absolute Gasteiger partial charge is 0.339 e. The van der Waals surface area contributed by atoms with Crippen LogP contribution in [0.2, 0.25) is 0 Å². The number of hydrogen-bond acceptors (Lipinski definition) is 3. The van der Waals surface area contributed by atoms with Gasteiger partial charge in [-0.05, 0) is 24.8 Å². The molecule has 6 nitrogen and oxygen atoms in total. The summed E-state index contributed by atoms with van der Waals surface area (Å²) in [5.74, 6) is 1.49. The Morgan fingerprint density at radius 2 is 1.89 bits per heavy atom. The van der Waals surface area contributed by atoms with Crippen molar-refractivity contribution in [1.82, 2.24) is 19.4 Å². The summed E-state index contributed by atoms with van der Waals surface area (Å²) in [4.78, 5) is 32.7. The van der Waals surface area contributed by atoms with Crippen molar-refractivity contribution in [3.05, 3.63) is 77.0 Å². The zero-order valence-corrected chi connectivity index (χ0v) is 15.0. The lowest BCUT2D eigenvalue weighted by Gasteiger charge is -2.32. The molecule has 1 aliphatic rings. The standard InChI is InChI=1S/C21H22N4O2/c26-19-7-6-18(14-23-19)21(27)24-11-8-16(9-12-24)15-25-13-10-22-20(25)17-4-2-1-3-5-17/h1-7,10,13-14,16H,8-9,11-12,15H2,(H,23,26). The van der Waals surface area contributed by atoms with Gasteiger partial charge in [0.1, 0.15) is 5.82 Å². The molecule has 1 N–H and O–H groups in total. The average molecular weight is 362 g/mol. The summed E-state index contributed by atoms with van der Waals surface area (Å²) >= 11 is 0. The topological polar surface area (TPSA) is 71.0 Å². The van der Waals surface area contributed by atoms with Gasteiger partial charge in [-0.25, -0.2) is 4.98 Å². The lowest BCUT2D eigenvalue weighted by atomic mass is 9.96. The normalized spacial score (nSPS) is 15.0. The van der Waals surface area contributed by atoms with Crippen molar-refractivity contribution in [2.45, 2.75) is 19.4 Å². The summed E-state index contributed by atoms with van der Waals surface area (Å²) in [5.41, 5.74) is 1.46. The second-order valence-electron chi connectivity index (χ2n) is 6.95. The third-order valence-corrected chi connectivity index (χ3v) is 5.14. The Balaban J connectivity index is 1.38. The molecule has 0 bridgehead atoms. The zero-order valence-electron chi connectivity index (χ0n) is 15.0. The first-order valence-electron chi connectivity index (χ1n) is 9.25. The van der Waals surface area contributed by atoms with Crippen LogP contribution in [0.15, 0.2) is 65.8 Å². The van der Waals surface area contributed by atoms with Crippen molar-refractivity contribution in [2.75, 3.05) is 13.1 Å². The predicted octanol–water partition coefficient (Wildman–Crippen LogP) is 2.79. The highest BCUT2D eigenvalue weighted by Crippen LogP contribution is 2.24. The monoisotopic (exact) mass is 362 g/mol. The lowest BCUT2D eigenvalue weighted by Crippen LogP contribution is -2.39. The molecule has 3 heterocycles. The molecule has 0 atom stereocenters. The molecule has 6 heteroatoms. The van der Waals surface area contributed by atoms with Crippen LogP contribution in [-0.4, -0.2) is 38.4 Å². The first-order chi connectivity index (χ1) is 13.2. The van der Waals surface area contributed by atoms with Gasteiger partial charge in [0.25, 0.3) is 5.91 Å². The Bertz CT molecular complexity index is 949. The number of pyridine rings is 1. The lowest BCUT2D eigenvalue weighted by molar-refractivity contribution is 0.0682. The maximum absolute atomic E-state index is 12.6. The van der Waals surface area contributed by atoms with Gasteiger partial charge in [0.2, 0.25) is 5.56 Å². The Hall–Kier alpha value is -3.15. The molecular formula is C21H22N4O2. The fourth-order valence-electron chi connectivity index (χ4n) is 3.63. The number of carbonyl (C=O) groups is 1. The van der Waals surface area contributed by atoms with E-state index in [1.807, 2.05) is 35.5 Å². The third kappa shape index (κ3) is 3.84. The third-order valence-electron chi connectivity index (χ3n) is 5.14. The summed E-state index contributed by atoms with van der Waals surface area (Å²) in [7, 11) is 0. The molecule has 3 aromatic rings. The van der Waals surface area contributed by atoms with Gasteiger partial charge >= 0.3 is 0 Å². The first-order valence-corrected chi connectivity index (χ1v) is 9.25. The van der Waals surface area contributed by atoms with Gasteiger partial charge in [-0.15, -0.1) is 0 Å². The highest BCUT2D eigenvalue weighted by atomic mass is 16.2. The molecule has 138 valence electrons. The number of benzene rings is 1. The van der Waals surface area contributed by atoms with E-state index >= 15 is 0 Å². The number of aromatic amines is 1. The van der Waals surface area contributed by atoms with Crippen molar-refractivity contribution in [3.63, 3.8) is 0 Å². The van der Waals surface area contributed by atoms with E-state index < -0.39 is 0 Å². The second-order valence-corrected chi connectivity index (χ2v) is 6.95. The molecule has 1 fully saturated rings. The minimum atomic E-state index is -0.195. The maximum atomic E-state index is 12.6. The number of H-pyrrole nitrogens is 1. The number of carbonyl (C=O) groups excluding carboxylic acids is 1. The molecular weight excluding hydrogens is 340 g/mol. The molecule has 0 unspecified atom stereocenters. The number of amides is 1. The van der Waals surface area contributed by atoms with Crippen molar-refractivity contribution in [3.8, 4) is 11.4 Å². The summed E-state index contributed by atoms with van der Waals surface area (Å²) in [6, 6.07) is 13.2. The minimum Gasteiger partial charge on any atom is -0.339 e. The van der Waals surface area contributed by atoms with Crippen molar-refractivity contribution in [1.29, 1.82) is 0 Å². The Morgan fingerprint density at radius 3 is 2.59 bits per heavy atom. The zero-order chi connectivity index (χ0) is 18.6. The number of hydrogen-bond donors (Lipinski definition) is 1. The molecule has 27 heavy (non-hydrogen) atoms. The molecule has 0 radical (unpaired) electrons. The summed E-state index contributed by atoms with van der Waals surface area (Å²) in [6.45, 7) is 2.38. The number of imidazole rings is 1. The molecule has 1 saturated heterocycles. The Kier molecular flexibility index (Phi) is 4.87. The summed E-state index contributed by atoms with van der Waals surface area (Å²) < 4.78 is 2.21. The van der Waals surface area contributed by atoms with Crippen LogP contribution >= 0.6 is 0 Å². The van der Waals surface area contributed by atoms with Gasteiger partial charge in [-0.2, -0.15) is 0 Å². The molecule has 0 spiro atoms. The van der Waals surface area contributed by atoms with Crippen LogP contribution < -0.4 is 5.56 Å². The van der Waals surface area contributed by atoms with E-state index in [4.69, 9.17) is 0 Å². The number of aromatic nitrogens is 3. The van der Waals surface area contributed by atoms with Crippen LogP contribution in [0.4, 0.5) is 0 Å². The van der Waals surface area contributed by atoms with Gasteiger partial charge in [-0.1, -0.05) is 30.3 Å². The van der Waals surface area contributed by atoms with Crippen LogP contribution in [0.25, 0.3) is 11.4 Å². The van der Waals surface area contributed by atoms with Crippen LogP contribution in [0.3, 0.4) is 0 Å². The van der Waals surface area contributed by atoms with Gasteiger partial charge in [-0.3, -0.25) is 9.59 Å². The first kappa shape index (κ1) is 17.3. The van der Waals surface area contributed by atoms with Crippen molar-refractivity contribution < 1.29 is 4.79 Å². The summed E-state index contributed by atoms with van der Waals surface area (Å²) in [6.07, 6.45) is 7.29. The SMILES string of the molecule is O=C(c1ccc(=O)[nH]c1)N1CCC(Cn2ccnc2-c2ccccc2)CC1. The Morgan fingerprint density at radius 1 is 1.11 bits per heavy atom. The van der Waals surface area contributed by atoms with Crippen molar-refractivity contribution in [2.24, 2.45) is 5.92 Å². The number of likely N-dealkylation sites (tertiary alicyclic amines) is 1. The van der Waals surface area contributed by atoms with E-state index in [2.05, 4.69) is 26.7 Å². The summed E-state index contributed by atoms with van der Waals surface area (Å²) in [5, 5.41) is 0. The van der Waals surface area contributed by atoms with Crippen molar-refractivity contribution >= 4 is 5.91 Å². The Labute approximate surface area is 157 Å². The maximum Gasteiger partial charge on any atom is 0.255 e. The highest BCUT2D eigenvalue weighted by molar-refractivity contribution is 5.93. The second kappa shape index (κ2) is 7.61. The highest BCUT2D eigenvalue weighted by Gasteiger charge is 2.24. The number of piperidine rings is 1.